The van der Waals surface area contributed by atoms with Crippen LogP contribution in [0.15, 0.2) is 41.3 Å². The number of rotatable bonds is 3. The van der Waals surface area contributed by atoms with Crippen molar-refractivity contribution in [2.24, 2.45) is 5.92 Å². The summed E-state index contributed by atoms with van der Waals surface area (Å²) < 4.78 is 51.3. The van der Waals surface area contributed by atoms with Crippen molar-refractivity contribution in [1.82, 2.24) is 0 Å². The minimum absolute atomic E-state index is 0.176. The van der Waals surface area contributed by atoms with E-state index in [0.717, 1.165) is 23.4 Å². The predicted molar refractivity (Wildman–Crippen MR) is 85.5 cm³/mol. The van der Waals surface area contributed by atoms with Crippen molar-refractivity contribution in [3.63, 3.8) is 0 Å². The molecule has 0 aliphatic carbocycles. The fraction of sp³-hybridized carbons (Fsp3) is 0.250. The number of sulfone groups is 1. The molecule has 0 amide bonds. The first-order valence-electron chi connectivity index (χ1n) is 7.05. The third-order valence-electron chi connectivity index (χ3n) is 3.81. The molecule has 0 spiro atoms. The van der Waals surface area contributed by atoms with Gasteiger partial charge in [-0.1, -0.05) is 17.7 Å². The average molecular weight is 358 g/mol. The van der Waals surface area contributed by atoms with Gasteiger partial charge in [-0.15, -0.1) is 0 Å². The molecule has 2 aromatic carbocycles. The van der Waals surface area contributed by atoms with E-state index in [0.29, 0.717) is 24.1 Å². The van der Waals surface area contributed by atoms with Crippen molar-refractivity contribution in [2.45, 2.75) is 11.3 Å². The number of hydrogen-bond donors (Lipinski definition) is 1. The lowest BCUT2D eigenvalue weighted by Crippen LogP contribution is -2.29. The highest BCUT2D eigenvalue weighted by atomic mass is 35.5. The number of nitrogens with one attached hydrogen (secondary N) is 1. The minimum atomic E-state index is -3.76. The first kappa shape index (κ1) is 16.2. The molecule has 23 heavy (non-hydrogen) atoms. The van der Waals surface area contributed by atoms with Crippen LogP contribution >= 0.6 is 11.6 Å². The van der Waals surface area contributed by atoms with Gasteiger partial charge < -0.3 is 5.32 Å². The van der Waals surface area contributed by atoms with E-state index >= 15 is 0 Å². The molecule has 3 nitrogen and oxygen atoms in total. The van der Waals surface area contributed by atoms with Crippen molar-refractivity contribution in [2.75, 3.05) is 17.6 Å². The summed E-state index contributed by atoms with van der Waals surface area (Å²) in [6.07, 6.45) is 0.566. The van der Waals surface area contributed by atoms with E-state index in [1.54, 1.807) is 12.1 Å². The van der Waals surface area contributed by atoms with Crippen LogP contribution in [0.4, 0.5) is 14.5 Å². The molecule has 0 fully saturated rings. The van der Waals surface area contributed by atoms with Crippen molar-refractivity contribution in [3.8, 4) is 0 Å². The predicted octanol–water partition coefficient (Wildman–Crippen LogP) is 3.68. The summed E-state index contributed by atoms with van der Waals surface area (Å²) in [7, 11) is -3.76. The minimum Gasteiger partial charge on any atom is -0.384 e. The van der Waals surface area contributed by atoms with Crippen LogP contribution in [-0.2, 0) is 16.3 Å². The number of benzene rings is 2. The van der Waals surface area contributed by atoms with Crippen molar-refractivity contribution >= 4 is 27.1 Å². The summed E-state index contributed by atoms with van der Waals surface area (Å²) in [6, 6.07) is 7.75. The van der Waals surface area contributed by atoms with Crippen LogP contribution < -0.4 is 5.32 Å². The lowest BCUT2D eigenvalue weighted by molar-refractivity contribution is 0.546. The van der Waals surface area contributed by atoms with Gasteiger partial charge in [0, 0.05) is 23.3 Å². The number of halogens is 3. The molecule has 0 bridgehead atoms. The fourth-order valence-corrected chi connectivity index (χ4v) is 4.57. The molecule has 0 saturated heterocycles. The maximum absolute atomic E-state index is 13.2. The maximum Gasteiger partial charge on any atom is 0.178 e. The summed E-state index contributed by atoms with van der Waals surface area (Å²) in [4.78, 5) is -0.322. The highest BCUT2D eigenvalue weighted by Gasteiger charge is 2.26. The Hall–Kier alpha value is -1.66. The second-order valence-electron chi connectivity index (χ2n) is 5.64. The van der Waals surface area contributed by atoms with Crippen LogP contribution in [0.2, 0.25) is 5.02 Å². The zero-order valence-electron chi connectivity index (χ0n) is 12.0. The van der Waals surface area contributed by atoms with Gasteiger partial charge >= 0.3 is 0 Å². The molecule has 1 unspecified atom stereocenters. The third kappa shape index (κ3) is 3.64. The van der Waals surface area contributed by atoms with E-state index in [-0.39, 0.29) is 16.6 Å². The molecule has 1 atom stereocenters. The summed E-state index contributed by atoms with van der Waals surface area (Å²) in [5.74, 6) is -2.15. The van der Waals surface area contributed by atoms with E-state index in [1.807, 2.05) is 6.07 Å². The Morgan fingerprint density at radius 3 is 2.52 bits per heavy atom. The largest absolute Gasteiger partial charge is 0.384 e. The van der Waals surface area contributed by atoms with Gasteiger partial charge in [0.05, 0.1) is 10.6 Å². The van der Waals surface area contributed by atoms with Gasteiger partial charge in [-0.05, 0) is 42.2 Å². The molecule has 1 aliphatic heterocycles. The average Bonchev–Trinajstić information content (AvgIpc) is 2.46. The molecule has 0 aromatic heterocycles. The first-order valence-corrected chi connectivity index (χ1v) is 9.08. The lowest BCUT2D eigenvalue weighted by atomic mass is 9.95. The molecule has 1 aliphatic rings. The monoisotopic (exact) mass is 357 g/mol. The zero-order valence-corrected chi connectivity index (χ0v) is 13.6. The van der Waals surface area contributed by atoms with Crippen LogP contribution in [0.3, 0.4) is 0 Å². The van der Waals surface area contributed by atoms with E-state index in [2.05, 4.69) is 5.32 Å². The Labute approximate surface area is 138 Å². The van der Waals surface area contributed by atoms with Crippen molar-refractivity contribution in [3.05, 3.63) is 58.6 Å². The molecule has 1 heterocycles. The van der Waals surface area contributed by atoms with E-state index in [9.17, 15) is 17.2 Å². The number of anilines is 1. The van der Waals surface area contributed by atoms with Gasteiger partial charge in [0.25, 0.3) is 0 Å². The van der Waals surface area contributed by atoms with Gasteiger partial charge in [-0.2, -0.15) is 0 Å². The molecule has 2 aromatic rings. The van der Waals surface area contributed by atoms with Crippen LogP contribution in [0.1, 0.15) is 5.56 Å². The van der Waals surface area contributed by atoms with Crippen molar-refractivity contribution in [1.29, 1.82) is 0 Å². The van der Waals surface area contributed by atoms with E-state index < -0.39 is 21.5 Å². The maximum atomic E-state index is 13.2. The van der Waals surface area contributed by atoms with Gasteiger partial charge in [0.1, 0.15) is 11.6 Å². The second kappa shape index (κ2) is 6.09. The van der Waals surface area contributed by atoms with Crippen LogP contribution in [0.5, 0.6) is 0 Å². The highest BCUT2D eigenvalue weighted by Crippen LogP contribution is 2.29. The number of fused-ring (bicyclic) bond motifs is 1. The molecule has 1 N–H and O–H groups in total. The van der Waals surface area contributed by atoms with Gasteiger partial charge in [-0.3, -0.25) is 0 Å². The topological polar surface area (TPSA) is 46.2 Å². The van der Waals surface area contributed by atoms with Crippen LogP contribution in [0, 0.1) is 17.6 Å². The standard InChI is InChI=1S/C16H14ClF2NO2S/c17-12-2-1-11-3-10(8-20-16(11)4-12)9-23(21,22)15-6-13(18)5-14(19)7-15/h1-2,4-7,10,20H,3,8-9H2. The summed E-state index contributed by atoms with van der Waals surface area (Å²) in [6.45, 7) is 0.463. The molecular formula is C16H14ClF2NO2S. The quantitative estimate of drug-likeness (QED) is 0.911. The fourth-order valence-electron chi connectivity index (χ4n) is 2.76. The normalized spacial score (nSPS) is 17.4. The Morgan fingerprint density at radius 2 is 1.83 bits per heavy atom. The Kier molecular flexibility index (Phi) is 4.29. The summed E-state index contributed by atoms with van der Waals surface area (Å²) in [5.41, 5.74) is 1.87. The Balaban J connectivity index is 1.80. The summed E-state index contributed by atoms with van der Waals surface area (Å²) in [5, 5.41) is 3.76. The van der Waals surface area contributed by atoms with E-state index in [4.69, 9.17) is 11.6 Å². The van der Waals surface area contributed by atoms with Gasteiger partial charge in [0.15, 0.2) is 9.84 Å². The lowest BCUT2D eigenvalue weighted by Gasteiger charge is -2.26. The molecule has 122 valence electrons. The molecule has 0 saturated carbocycles. The zero-order chi connectivity index (χ0) is 16.6. The Morgan fingerprint density at radius 1 is 1.13 bits per heavy atom. The first-order chi connectivity index (χ1) is 10.8. The second-order valence-corrected chi connectivity index (χ2v) is 8.11. The van der Waals surface area contributed by atoms with Gasteiger partial charge in [0.2, 0.25) is 0 Å². The van der Waals surface area contributed by atoms with Crippen LogP contribution in [0.25, 0.3) is 0 Å². The molecular weight excluding hydrogens is 344 g/mol. The van der Waals surface area contributed by atoms with Gasteiger partial charge in [-0.25, -0.2) is 17.2 Å². The third-order valence-corrected chi connectivity index (χ3v) is 5.91. The van der Waals surface area contributed by atoms with Crippen molar-refractivity contribution < 1.29 is 17.2 Å². The summed E-state index contributed by atoms with van der Waals surface area (Å²) >= 11 is 5.92. The molecule has 3 rings (SSSR count). The number of hydrogen-bond acceptors (Lipinski definition) is 3. The SMILES string of the molecule is O=S(=O)(CC1CNc2cc(Cl)ccc2C1)c1cc(F)cc(F)c1. The van der Waals surface area contributed by atoms with E-state index in [1.165, 1.54) is 0 Å². The molecule has 0 radical (unpaired) electrons. The smallest absolute Gasteiger partial charge is 0.178 e. The highest BCUT2D eigenvalue weighted by molar-refractivity contribution is 7.91. The van der Waals surface area contributed by atoms with Crippen LogP contribution in [-0.4, -0.2) is 20.7 Å². The Bertz CT molecular complexity index is 835. The molecule has 7 heteroatoms.